The van der Waals surface area contributed by atoms with E-state index >= 15 is 0 Å². The van der Waals surface area contributed by atoms with E-state index in [2.05, 4.69) is 15.5 Å². The third-order valence-electron chi connectivity index (χ3n) is 2.37. The zero-order chi connectivity index (χ0) is 16.3. The Morgan fingerprint density at radius 2 is 2.18 bits per heavy atom. The van der Waals surface area contributed by atoms with Crippen LogP contribution in [0.25, 0.3) is 0 Å². The normalized spacial score (nSPS) is 11.5. The number of aryl methyl sites for hydroxylation is 1. The number of rotatable bonds is 4. The first-order valence-corrected chi connectivity index (χ1v) is 7.21. The molecule has 1 amide bonds. The van der Waals surface area contributed by atoms with Crippen LogP contribution in [-0.2, 0) is 11.0 Å². The lowest BCUT2D eigenvalue weighted by atomic mass is 10.3. The van der Waals surface area contributed by atoms with E-state index < -0.39 is 17.6 Å². The Morgan fingerprint density at radius 1 is 1.45 bits per heavy atom. The van der Waals surface area contributed by atoms with Crippen molar-refractivity contribution in [1.29, 1.82) is 0 Å². The molecule has 0 saturated carbocycles. The fourth-order valence-electron chi connectivity index (χ4n) is 1.42. The molecule has 0 aliphatic rings. The lowest BCUT2D eigenvalue weighted by Gasteiger charge is -2.08. The predicted molar refractivity (Wildman–Crippen MR) is 74.8 cm³/mol. The second-order valence-electron chi connectivity index (χ2n) is 4.17. The lowest BCUT2D eigenvalue weighted by molar-refractivity contribution is -0.137. The van der Waals surface area contributed by atoms with Gasteiger partial charge in [0.05, 0.1) is 16.3 Å². The van der Waals surface area contributed by atoms with E-state index in [4.69, 9.17) is 16.1 Å². The molecule has 2 aromatic rings. The summed E-state index contributed by atoms with van der Waals surface area (Å²) in [7, 11) is 0. The number of nitrogens with zero attached hydrogens (tertiary/aromatic N) is 2. The quantitative estimate of drug-likeness (QED) is 0.849. The summed E-state index contributed by atoms with van der Waals surface area (Å²) in [5.74, 6) is 0.310. The maximum atomic E-state index is 12.5. The lowest BCUT2D eigenvalue weighted by Crippen LogP contribution is -2.14. The SMILES string of the molecule is Cc1cc(NC(=O)CSc2ncc(C(F)(F)F)cc2Cl)no1. The average molecular weight is 352 g/mol. The van der Waals surface area contributed by atoms with E-state index in [0.717, 1.165) is 17.8 Å². The first kappa shape index (κ1) is 16.6. The van der Waals surface area contributed by atoms with E-state index in [1.54, 1.807) is 6.92 Å². The molecule has 10 heteroatoms. The highest BCUT2D eigenvalue weighted by atomic mass is 35.5. The van der Waals surface area contributed by atoms with E-state index in [0.29, 0.717) is 12.0 Å². The zero-order valence-electron chi connectivity index (χ0n) is 11.1. The van der Waals surface area contributed by atoms with Crippen LogP contribution in [-0.4, -0.2) is 21.8 Å². The Balaban J connectivity index is 1.95. The van der Waals surface area contributed by atoms with Crippen LogP contribution in [0, 0.1) is 6.92 Å². The minimum Gasteiger partial charge on any atom is -0.360 e. The maximum absolute atomic E-state index is 12.5. The van der Waals surface area contributed by atoms with Crippen molar-refractivity contribution < 1.29 is 22.5 Å². The van der Waals surface area contributed by atoms with Gasteiger partial charge in [-0.25, -0.2) is 4.98 Å². The zero-order valence-corrected chi connectivity index (χ0v) is 12.6. The van der Waals surface area contributed by atoms with E-state index in [-0.39, 0.29) is 21.6 Å². The van der Waals surface area contributed by atoms with Crippen molar-refractivity contribution in [2.24, 2.45) is 0 Å². The van der Waals surface area contributed by atoms with Gasteiger partial charge < -0.3 is 9.84 Å². The summed E-state index contributed by atoms with van der Waals surface area (Å²) in [6, 6.07) is 2.31. The number of anilines is 1. The summed E-state index contributed by atoms with van der Waals surface area (Å²) in [4.78, 5) is 15.3. The number of halogens is 4. The number of alkyl halides is 3. The van der Waals surface area contributed by atoms with Gasteiger partial charge in [0.1, 0.15) is 10.8 Å². The number of amides is 1. The molecule has 0 aliphatic heterocycles. The van der Waals surface area contributed by atoms with Crippen LogP contribution in [0.1, 0.15) is 11.3 Å². The number of hydrogen-bond acceptors (Lipinski definition) is 5. The Kier molecular flexibility index (Phi) is 4.97. The van der Waals surface area contributed by atoms with Crippen molar-refractivity contribution in [3.8, 4) is 0 Å². The second kappa shape index (κ2) is 6.57. The van der Waals surface area contributed by atoms with Gasteiger partial charge in [-0.1, -0.05) is 28.5 Å². The number of carbonyl (C=O) groups excluding carboxylic acids is 1. The van der Waals surface area contributed by atoms with Crippen molar-refractivity contribution >= 4 is 35.1 Å². The van der Waals surface area contributed by atoms with Gasteiger partial charge in [-0.15, -0.1) is 0 Å². The van der Waals surface area contributed by atoms with Gasteiger partial charge >= 0.3 is 6.18 Å². The van der Waals surface area contributed by atoms with Crippen molar-refractivity contribution in [2.45, 2.75) is 18.1 Å². The fraction of sp³-hybridized carbons (Fsp3) is 0.250. The summed E-state index contributed by atoms with van der Waals surface area (Å²) in [6.45, 7) is 1.67. The first-order chi connectivity index (χ1) is 10.3. The topological polar surface area (TPSA) is 68.0 Å². The average Bonchev–Trinajstić information content (AvgIpc) is 2.81. The maximum Gasteiger partial charge on any atom is 0.417 e. The highest BCUT2D eigenvalue weighted by Gasteiger charge is 2.31. The molecule has 22 heavy (non-hydrogen) atoms. The molecule has 0 radical (unpaired) electrons. The Hall–Kier alpha value is -1.74. The Labute approximate surface area is 132 Å². The molecule has 0 spiro atoms. The molecule has 0 aliphatic carbocycles. The smallest absolute Gasteiger partial charge is 0.360 e. The molecule has 2 heterocycles. The number of pyridine rings is 1. The minimum absolute atomic E-state index is 0.0794. The number of nitrogens with one attached hydrogen (secondary N) is 1. The Morgan fingerprint density at radius 3 is 2.73 bits per heavy atom. The highest BCUT2D eigenvalue weighted by molar-refractivity contribution is 8.00. The van der Waals surface area contributed by atoms with Crippen molar-refractivity contribution in [1.82, 2.24) is 10.1 Å². The number of carbonyl (C=O) groups is 1. The first-order valence-electron chi connectivity index (χ1n) is 5.84. The van der Waals surface area contributed by atoms with Gasteiger partial charge in [0.15, 0.2) is 5.82 Å². The molecule has 0 bridgehead atoms. The van der Waals surface area contributed by atoms with Crippen molar-refractivity contribution in [2.75, 3.05) is 11.1 Å². The molecule has 0 unspecified atom stereocenters. The second-order valence-corrected chi connectivity index (χ2v) is 5.54. The van der Waals surface area contributed by atoms with Gasteiger partial charge in [-0.2, -0.15) is 13.2 Å². The number of thioether (sulfide) groups is 1. The number of aromatic nitrogens is 2. The minimum atomic E-state index is -4.51. The van der Waals surface area contributed by atoms with Crippen LogP contribution in [0.2, 0.25) is 5.02 Å². The molecule has 118 valence electrons. The van der Waals surface area contributed by atoms with Crippen LogP contribution in [0.5, 0.6) is 0 Å². The van der Waals surface area contributed by atoms with Crippen LogP contribution in [0.15, 0.2) is 27.9 Å². The van der Waals surface area contributed by atoms with Crippen molar-refractivity contribution in [3.05, 3.63) is 34.7 Å². The standard InChI is InChI=1S/C12H9ClF3N3O2S/c1-6-2-9(19-21-6)18-10(20)5-22-11-8(13)3-7(4-17-11)12(14,15)16/h2-4H,5H2,1H3,(H,18,19,20). The third-order valence-corrected chi connectivity index (χ3v) is 3.78. The molecule has 5 nitrogen and oxygen atoms in total. The molecule has 2 rings (SSSR count). The van der Waals surface area contributed by atoms with Gasteiger partial charge in [0.2, 0.25) is 5.91 Å². The van der Waals surface area contributed by atoms with Crippen LogP contribution in [0.3, 0.4) is 0 Å². The summed E-state index contributed by atoms with van der Waals surface area (Å²) in [5, 5.41) is 6.03. The van der Waals surface area contributed by atoms with E-state index in [1.165, 1.54) is 6.07 Å². The molecule has 0 fully saturated rings. The van der Waals surface area contributed by atoms with Gasteiger partial charge in [0, 0.05) is 12.3 Å². The summed E-state index contributed by atoms with van der Waals surface area (Å²) >= 11 is 6.66. The summed E-state index contributed by atoms with van der Waals surface area (Å²) in [6.07, 6.45) is -3.84. The van der Waals surface area contributed by atoms with Crippen molar-refractivity contribution in [3.63, 3.8) is 0 Å². The monoisotopic (exact) mass is 351 g/mol. The van der Waals surface area contributed by atoms with Gasteiger partial charge in [0.25, 0.3) is 0 Å². The Bertz CT molecular complexity index is 690. The summed E-state index contributed by atoms with van der Waals surface area (Å²) in [5.41, 5.74) is -0.940. The number of hydrogen-bond donors (Lipinski definition) is 1. The molecular weight excluding hydrogens is 343 g/mol. The molecule has 1 N–H and O–H groups in total. The van der Waals surface area contributed by atoms with Crippen LogP contribution in [0.4, 0.5) is 19.0 Å². The highest BCUT2D eigenvalue weighted by Crippen LogP contribution is 2.33. The molecule has 0 aromatic carbocycles. The summed E-state index contributed by atoms with van der Waals surface area (Å²) < 4.78 is 42.2. The molecule has 0 atom stereocenters. The van der Waals surface area contributed by atoms with E-state index in [9.17, 15) is 18.0 Å². The van der Waals surface area contributed by atoms with E-state index in [1.807, 2.05) is 0 Å². The van der Waals surface area contributed by atoms with Gasteiger partial charge in [-0.3, -0.25) is 4.79 Å². The largest absolute Gasteiger partial charge is 0.417 e. The molecule has 2 aromatic heterocycles. The predicted octanol–water partition coefficient (Wildman–Crippen LogP) is 3.78. The fourth-order valence-corrected chi connectivity index (χ4v) is 2.42. The van der Waals surface area contributed by atoms with Gasteiger partial charge in [-0.05, 0) is 13.0 Å². The molecular formula is C12H9ClF3N3O2S. The third kappa shape index (κ3) is 4.38. The molecule has 0 saturated heterocycles. The van der Waals surface area contributed by atoms with Crippen LogP contribution < -0.4 is 5.32 Å². The van der Waals surface area contributed by atoms with Crippen LogP contribution >= 0.6 is 23.4 Å².